The fourth-order valence-electron chi connectivity index (χ4n) is 1.87. The van der Waals surface area contributed by atoms with Crippen molar-refractivity contribution in [2.45, 2.75) is 36.8 Å². The molecular weight excluding hydrogens is 226 g/mol. The van der Waals surface area contributed by atoms with Crippen LogP contribution in [0.5, 0.6) is 0 Å². The topological polar surface area (TPSA) is 66.1 Å². The Morgan fingerprint density at radius 3 is 2.62 bits per heavy atom. The minimum absolute atomic E-state index is 0.222. The van der Waals surface area contributed by atoms with E-state index in [0.717, 1.165) is 12.8 Å². The molecule has 0 saturated heterocycles. The van der Waals surface area contributed by atoms with E-state index in [4.69, 9.17) is 0 Å². The first-order chi connectivity index (χ1) is 7.68. The summed E-state index contributed by atoms with van der Waals surface area (Å²) in [5, 5.41) is 0.222. The minimum atomic E-state index is -3.33. The molecule has 0 amide bonds. The number of aromatic nitrogens is 2. The summed E-state index contributed by atoms with van der Waals surface area (Å²) >= 11 is 0. The van der Waals surface area contributed by atoms with Crippen LogP contribution in [0.2, 0.25) is 0 Å². The monoisotopic (exact) mass is 241 g/mol. The number of imidazole rings is 1. The van der Waals surface area contributed by atoms with Crippen LogP contribution in [-0.4, -0.2) is 35.3 Å². The fraction of sp³-hybridized carbons (Fsp3) is 0.700. The Balaban J connectivity index is 1.86. The van der Waals surface area contributed by atoms with E-state index < -0.39 is 10.0 Å². The molecule has 0 spiro atoms. The number of hydrogen-bond acceptors (Lipinski definition) is 3. The third-order valence-corrected chi connectivity index (χ3v) is 4.99. The summed E-state index contributed by atoms with van der Waals surface area (Å²) in [6.45, 7) is 0.687. The Kier molecular flexibility index (Phi) is 2.29. The maximum Gasteiger partial charge on any atom is 0.260 e. The van der Waals surface area contributed by atoms with E-state index >= 15 is 0 Å². The van der Waals surface area contributed by atoms with Crippen molar-refractivity contribution in [2.24, 2.45) is 5.92 Å². The minimum Gasteiger partial charge on any atom is -0.335 e. The lowest BCUT2D eigenvalue weighted by molar-refractivity contribution is 0.387. The molecule has 0 unspecified atom stereocenters. The number of nitrogens with zero attached hydrogens (tertiary/aromatic N) is 2. The van der Waals surface area contributed by atoms with Crippen molar-refractivity contribution in [1.29, 1.82) is 0 Å². The third kappa shape index (κ3) is 1.87. The van der Waals surface area contributed by atoms with Gasteiger partial charge in [-0.15, -0.1) is 0 Å². The molecule has 0 aliphatic heterocycles. The Morgan fingerprint density at radius 1 is 1.38 bits per heavy atom. The van der Waals surface area contributed by atoms with Crippen molar-refractivity contribution >= 4 is 10.0 Å². The number of rotatable bonds is 5. The van der Waals surface area contributed by atoms with Gasteiger partial charge in [0, 0.05) is 12.6 Å². The van der Waals surface area contributed by atoms with E-state index in [9.17, 15) is 8.42 Å². The number of H-pyrrole nitrogens is 1. The number of aromatic amines is 1. The molecule has 16 heavy (non-hydrogen) atoms. The quantitative estimate of drug-likeness (QED) is 0.835. The second-order valence-corrected chi connectivity index (χ2v) is 6.52. The number of nitrogens with one attached hydrogen (secondary N) is 1. The van der Waals surface area contributed by atoms with Crippen molar-refractivity contribution in [2.75, 3.05) is 6.54 Å². The zero-order valence-corrected chi connectivity index (χ0v) is 9.78. The smallest absolute Gasteiger partial charge is 0.260 e. The van der Waals surface area contributed by atoms with Gasteiger partial charge in [0.2, 0.25) is 0 Å². The van der Waals surface area contributed by atoms with Gasteiger partial charge in [-0.3, -0.25) is 0 Å². The molecule has 0 atom stereocenters. The molecular formula is C10H15N3O2S. The normalized spacial score (nSPS) is 21.6. The zero-order valence-electron chi connectivity index (χ0n) is 8.96. The highest BCUT2D eigenvalue weighted by atomic mass is 32.2. The Hall–Kier alpha value is -0.880. The summed E-state index contributed by atoms with van der Waals surface area (Å²) < 4.78 is 26.3. The van der Waals surface area contributed by atoms with E-state index in [1.54, 1.807) is 4.31 Å². The molecule has 2 fully saturated rings. The fourth-order valence-corrected chi connectivity index (χ4v) is 3.53. The molecule has 0 aromatic carbocycles. The molecule has 2 aliphatic carbocycles. The van der Waals surface area contributed by atoms with Gasteiger partial charge in [0.1, 0.15) is 0 Å². The molecule has 3 rings (SSSR count). The van der Waals surface area contributed by atoms with Gasteiger partial charge < -0.3 is 4.98 Å². The maximum atomic E-state index is 12.3. The van der Waals surface area contributed by atoms with Crippen molar-refractivity contribution in [3.05, 3.63) is 12.5 Å². The van der Waals surface area contributed by atoms with Crippen LogP contribution in [0.15, 0.2) is 17.6 Å². The summed E-state index contributed by atoms with van der Waals surface area (Å²) in [6.07, 6.45) is 7.14. The number of sulfonamides is 1. The van der Waals surface area contributed by atoms with E-state index in [0.29, 0.717) is 12.5 Å². The maximum absolute atomic E-state index is 12.3. The molecule has 1 aromatic heterocycles. The van der Waals surface area contributed by atoms with Gasteiger partial charge in [-0.2, -0.15) is 4.31 Å². The van der Waals surface area contributed by atoms with E-state index in [1.807, 2.05) is 0 Å². The first-order valence-corrected chi connectivity index (χ1v) is 7.12. The Labute approximate surface area is 94.9 Å². The van der Waals surface area contributed by atoms with Crippen LogP contribution in [0.1, 0.15) is 25.7 Å². The first-order valence-electron chi connectivity index (χ1n) is 5.68. The van der Waals surface area contributed by atoms with Gasteiger partial charge in [0.25, 0.3) is 10.0 Å². The lowest BCUT2D eigenvalue weighted by atomic mass is 10.4. The highest BCUT2D eigenvalue weighted by Gasteiger charge is 2.41. The van der Waals surface area contributed by atoms with Gasteiger partial charge in [0.15, 0.2) is 5.03 Å². The molecule has 1 N–H and O–H groups in total. The van der Waals surface area contributed by atoms with Crippen molar-refractivity contribution < 1.29 is 8.42 Å². The van der Waals surface area contributed by atoms with E-state index in [1.165, 1.54) is 25.4 Å². The van der Waals surface area contributed by atoms with Crippen LogP contribution in [0.3, 0.4) is 0 Å². The molecule has 2 saturated carbocycles. The van der Waals surface area contributed by atoms with Crippen LogP contribution in [-0.2, 0) is 10.0 Å². The second-order valence-electron chi connectivity index (χ2n) is 4.67. The van der Waals surface area contributed by atoms with Crippen molar-refractivity contribution in [3.63, 3.8) is 0 Å². The highest BCUT2D eigenvalue weighted by molar-refractivity contribution is 7.89. The van der Waals surface area contributed by atoms with Crippen LogP contribution >= 0.6 is 0 Å². The molecule has 88 valence electrons. The SMILES string of the molecule is O=S(=O)(c1cnc[nH]1)N(CC1CC1)C1CC1. The molecule has 1 heterocycles. The summed E-state index contributed by atoms with van der Waals surface area (Å²) in [5.41, 5.74) is 0. The van der Waals surface area contributed by atoms with Crippen LogP contribution in [0.4, 0.5) is 0 Å². The molecule has 2 aliphatic rings. The highest BCUT2D eigenvalue weighted by Crippen LogP contribution is 2.37. The van der Waals surface area contributed by atoms with Gasteiger partial charge in [-0.05, 0) is 31.6 Å². The van der Waals surface area contributed by atoms with E-state index in [2.05, 4.69) is 9.97 Å². The van der Waals surface area contributed by atoms with Gasteiger partial charge >= 0.3 is 0 Å². The summed E-state index contributed by atoms with van der Waals surface area (Å²) in [7, 11) is -3.33. The van der Waals surface area contributed by atoms with Gasteiger partial charge in [-0.1, -0.05) is 0 Å². The first kappa shape index (κ1) is 10.3. The van der Waals surface area contributed by atoms with Crippen LogP contribution in [0.25, 0.3) is 0 Å². The predicted octanol–water partition coefficient (Wildman–Crippen LogP) is 0.973. The molecule has 1 aromatic rings. The molecule has 5 nitrogen and oxygen atoms in total. The Morgan fingerprint density at radius 2 is 2.12 bits per heavy atom. The lowest BCUT2D eigenvalue weighted by Crippen LogP contribution is -2.35. The average molecular weight is 241 g/mol. The van der Waals surface area contributed by atoms with Crippen LogP contribution in [0, 0.1) is 5.92 Å². The largest absolute Gasteiger partial charge is 0.335 e. The number of hydrogen-bond donors (Lipinski definition) is 1. The second kappa shape index (κ2) is 3.56. The van der Waals surface area contributed by atoms with Gasteiger partial charge in [0.05, 0.1) is 12.5 Å². The van der Waals surface area contributed by atoms with Crippen molar-refractivity contribution in [1.82, 2.24) is 14.3 Å². The standard InChI is InChI=1S/C10H15N3O2S/c14-16(15,10-5-11-7-12-10)13(9-3-4-9)6-8-1-2-8/h5,7-9H,1-4,6H2,(H,11,12). The lowest BCUT2D eigenvalue weighted by Gasteiger charge is -2.20. The Bertz CT molecular complexity index is 460. The third-order valence-electron chi connectivity index (χ3n) is 3.15. The predicted molar refractivity (Wildman–Crippen MR) is 58.2 cm³/mol. The summed E-state index contributed by atoms with van der Waals surface area (Å²) in [5.74, 6) is 0.582. The van der Waals surface area contributed by atoms with E-state index in [-0.39, 0.29) is 11.1 Å². The summed E-state index contributed by atoms with van der Waals surface area (Å²) in [4.78, 5) is 6.48. The average Bonchev–Trinajstić information content (AvgIpc) is 3.15. The van der Waals surface area contributed by atoms with Crippen molar-refractivity contribution in [3.8, 4) is 0 Å². The molecule has 0 radical (unpaired) electrons. The van der Waals surface area contributed by atoms with Crippen LogP contribution < -0.4 is 0 Å². The summed E-state index contributed by atoms with van der Waals surface area (Å²) in [6, 6.07) is 0.230. The zero-order chi connectivity index (χ0) is 11.2. The molecule has 6 heteroatoms. The van der Waals surface area contributed by atoms with Gasteiger partial charge in [-0.25, -0.2) is 13.4 Å². The molecule has 0 bridgehead atoms.